The summed E-state index contributed by atoms with van der Waals surface area (Å²) < 4.78 is 2.00. The number of hydrogen-bond acceptors (Lipinski definition) is 4. The molecule has 2 atom stereocenters. The Balaban J connectivity index is 1.40. The summed E-state index contributed by atoms with van der Waals surface area (Å²) in [6.45, 7) is 4.40. The summed E-state index contributed by atoms with van der Waals surface area (Å²) in [6, 6.07) is 12.1. The minimum atomic E-state index is -0.158. The molecule has 6 nitrogen and oxygen atoms in total. The van der Waals surface area contributed by atoms with Gasteiger partial charge in [0.1, 0.15) is 5.82 Å². The highest BCUT2D eigenvalue weighted by molar-refractivity contribution is 5.82. The molecule has 26 heavy (non-hydrogen) atoms. The summed E-state index contributed by atoms with van der Waals surface area (Å²) in [7, 11) is 0. The molecule has 6 heteroatoms. The van der Waals surface area contributed by atoms with Gasteiger partial charge in [0.15, 0.2) is 0 Å². The Kier molecular flexibility index (Phi) is 5.20. The first-order valence-electron chi connectivity index (χ1n) is 9.61. The second-order valence-corrected chi connectivity index (χ2v) is 7.33. The van der Waals surface area contributed by atoms with Gasteiger partial charge in [-0.2, -0.15) is 5.10 Å². The number of anilines is 1. The topological polar surface area (TPSA) is 62.2 Å². The minimum absolute atomic E-state index is 0.158. The van der Waals surface area contributed by atoms with Crippen molar-refractivity contribution in [1.29, 1.82) is 0 Å². The number of carbonyl (C=O) groups excluding carboxylic acids is 1. The van der Waals surface area contributed by atoms with Crippen molar-refractivity contribution in [2.45, 2.75) is 31.8 Å². The average Bonchev–Trinajstić information content (AvgIpc) is 3.36. The van der Waals surface area contributed by atoms with Crippen LogP contribution < -0.4 is 10.6 Å². The summed E-state index contributed by atoms with van der Waals surface area (Å²) in [5.74, 6) is 1.75. The van der Waals surface area contributed by atoms with Crippen LogP contribution in [0.3, 0.4) is 0 Å². The zero-order valence-corrected chi connectivity index (χ0v) is 15.1. The van der Waals surface area contributed by atoms with Gasteiger partial charge in [-0.3, -0.25) is 4.79 Å². The molecule has 4 rings (SSSR count). The van der Waals surface area contributed by atoms with Crippen molar-refractivity contribution in [3.8, 4) is 0 Å². The first-order chi connectivity index (χ1) is 12.8. The van der Waals surface area contributed by atoms with Crippen molar-refractivity contribution in [1.82, 2.24) is 20.0 Å². The summed E-state index contributed by atoms with van der Waals surface area (Å²) in [5.41, 5.74) is 1.20. The SMILES string of the molecule is O=C([C@H](Cc1ccccc1)NC[C@@H]1CNc2ccnn2C1)N1CCCC1. The lowest BCUT2D eigenvalue weighted by molar-refractivity contribution is -0.132. The summed E-state index contributed by atoms with van der Waals surface area (Å²) in [5, 5.41) is 11.3. The fraction of sp³-hybridized carbons (Fsp3) is 0.500. The molecule has 2 aliphatic rings. The molecule has 0 radical (unpaired) electrons. The van der Waals surface area contributed by atoms with Crippen molar-refractivity contribution in [2.75, 3.05) is 31.5 Å². The summed E-state index contributed by atoms with van der Waals surface area (Å²) >= 11 is 0. The third kappa shape index (κ3) is 3.90. The molecule has 3 heterocycles. The first-order valence-corrected chi connectivity index (χ1v) is 9.61. The molecule has 1 aromatic carbocycles. The van der Waals surface area contributed by atoms with Crippen molar-refractivity contribution in [3.63, 3.8) is 0 Å². The number of fused-ring (bicyclic) bond motifs is 1. The molecule has 0 aliphatic carbocycles. The molecule has 1 fully saturated rings. The minimum Gasteiger partial charge on any atom is -0.370 e. The van der Waals surface area contributed by atoms with Crippen LogP contribution in [-0.2, 0) is 17.8 Å². The number of aromatic nitrogens is 2. The van der Waals surface area contributed by atoms with Crippen molar-refractivity contribution >= 4 is 11.7 Å². The van der Waals surface area contributed by atoms with Crippen LogP contribution >= 0.6 is 0 Å². The number of nitrogens with zero attached hydrogens (tertiary/aromatic N) is 3. The molecule has 2 N–H and O–H groups in total. The van der Waals surface area contributed by atoms with E-state index in [0.29, 0.717) is 5.92 Å². The number of amides is 1. The molecule has 2 aliphatic heterocycles. The number of nitrogens with one attached hydrogen (secondary N) is 2. The van der Waals surface area contributed by atoms with Gasteiger partial charge in [-0.1, -0.05) is 30.3 Å². The van der Waals surface area contributed by atoms with E-state index in [4.69, 9.17) is 0 Å². The quantitative estimate of drug-likeness (QED) is 0.831. The third-order valence-electron chi connectivity index (χ3n) is 5.37. The van der Waals surface area contributed by atoms with Gasteiger partial charge >= 0.3 is 0 Å². The molecule has 138 valence electrons. The second kappa shape index (κ2) is 7.91. The number of benzene rings is 1. The monoisotopic (exact) mass is 353 g/mol. The zero-order chi connectivity index (χ0) is 17.8. The molecular weight excluding hydrogens is 326 g/mol. The lowest BCUT2D eigenvalue weighted by atomic mass is 10.0. The van der Waals surface area contributed by atoms with Crippen LogP contribution in [0.5, 0.6) is 0 Å². The van der Waals surface area contributed by atoms with Crippen LogP contribution in [0.15, 0.2) is 42.6 Å². The van der Waals surface area contributed by atoms with Gasteiger partial charge in [-0.15, -0.1) is 0 Å². The predicted octanol–water partition coefficient (Wildman–Crippen LogP) is 1.75. The molecule has 0 spiro atoms. The highest BCUT2D eigenvalue weighted by atomic mass is 16.2. The van der Waals surface area contributed by atoms with Crippen LogP contribution in [0.1, 0.15) is 18.4 Å². The van der Waals surface area contributed by atoms with Gasteiger partial charge in [0.05, 0.1) is 12.2 Å². The molecule has 0 saturated carbocycles. The van der Waals surface area contributed by atoms with Gasteiger partial charge in [0.2, 0.25) is 5.91 Å². The van der Waals surface area contributed by atoms with Gasteiger partial charge < -0.3 is 15.5 Å². The molecule has 0 bridgehead atoms. The van der Waals surface area contributed by atoms with Crippen molar-refractivity contribution in [3.05, 3.63) is 48.2 Å². The Bertz CT molecular complexity index is 723. The number of carbonyl (C=O) groups is 1. The molecule has 1 saturated heterocycles. The highest BCUT2D eigenvalue weighted by Crippen LogP contribution is 2.17. The Morgan fingerprint density at radius 3 is 2.85 bits per heavy atom. The van der Waals surface area contributed by atoms with Gasteiger partial charge in [0.25, 0.3) is 0 Å². The Labute approximate surface area is 154 Å². The fourth-order valence-corrected chi connectivity index (χ4v) is 3.89. The van der Waals surface area contributed by atoms with E-state index >= 15 is 0 Å². The molecule has 1 aromatic heterocycles. The average molecular weight is 353 g/mol. The van der Waals surface area contributed by atoms with E-state index in [-0.39, 0.29) is 11.9 Å². The van der Waals surface area contributed by atoms with Crippen LogP contribution in [0.2, 0.25) is 0 Å². The Hall–Kier alpha value is -2.34. The maximum Gasteiger partial charge on any atom is 0.240 e. The van der Waals surface area contributed by atoms with Crippen LogP contribution in [-0.4, -0.2) is 52.8 Å². The molecule has 2 aromatic rings. The van der Waals surface area contributed by atoms with E-state index in [9.17, 15) is 4.79 Å². The number of hydrogen-bond donors (Lipinski definition) is 2. The highest BCUT2D eigenvalue weighted by Gasteiger charge is 2.28. The maximum absolute atomic E-state index is 13.0. The van der Waals surface area contributed by atoms with E-state index in [2.05, 4.69) is 27.9 Å². The van der Waals surface area contributed by atoms with Crippen molar-refractivity contribution in [2.24, 2.45) is 5.92 Å². The Morgan fingerprint density at radius 1 is 1.23 bits per heavy atom. The lowest BCUT2D eigenvalue weighted by Gasteiger charge is -2.29. The smallest absolute Gasteiger partial charge is 0.240 e. The lowest BCUT2D eigenvalue weighted by Crippen LogP contribution is -2.49. The van der Waals surface area contributed by atoms with Gasteiger partial charge in [-0.25, -0.2) is 4.68 Å². The normalized spacial score (nSPS) is 20.5. The third-order valence-corrected chi connectivity index (χ3v) is 5.37. The first kappa shape index (κ1) is 17.1. The Morgan fingerprint density at radius 2 is 2.04 bits per heavy atom. The van der Waals surface area contributed by atoms with E-state index in [1.54, 1.807) is 0 Å². The standard InChI is InChI=1S/C20H27N5O/c26-20(24-10-4-5-11-24)18(12-16-6-2-1-3-7-16)21-13-17-14-22-19-8-9-23-25(19)15-17/h1-3,6-9,17-18,21-22H,4-5,10-15H2/t17-,18+/m1/s1. The van der Waals surface area contributed by atoms with Gasteiger partial charge in [0, 0.05) is 44.7 Å². The molecular formula is C20H27N5O. The summed E-state index contributed by atoms with van der Waals surface area (Å²) in [6.07, 6.45) is 4.81. The van der Waals surface area contributed by atoms with Crippen LogP contribution in [0, 0.1) is 5.92 Å². The van der Waals surface area contributed by atoms with E-state index in [0.717, 1.165) is 57.8 Å². The van der Waals surface area contributed by atoms with Crippen molar-refractivity contribution < 1.29 is 4.79 Å². The predicted molar refractivity (Wildman–Crippen MR) is 102 cm³/mol. The van der Waals surface area contributed by atoms with Crippen LogP contribution in [0.25, 0.3) is 0 Å². The molecule has 0 unspecified atom stereocenters. The van der Waals surface area contributed by atoms with Gasteiger partial charge in [-0.05, 0) is 24.8 Å². The maximum atomic E-state index is 13.0. The zero-order valence-electron chi connectivity index (χ0n) is 15.1. The number of likely N-dealkylation sites (tertiary alicyclic amines) is 1. The fourth-order valence-electron chi connectivity index (χ4n) is 3.89. The van der Waals surface area contributed by atoms with E-state index in [1.165, 1.54) is 5.56 Å². The van der Waals surface area contributed by atoms with E-state index in [1.807, 2.05) is 40.0 Å². The summed E-state index contributed by atoms with van der Waals surface area (Å²) in [4.78, 5) is 15.0. The van der Waals surface area contributed by atoms with Crippen LogP contribution in [0.4, 0.5) is 5.82 Å². The largest absolute Gasteiger partial charge is 0.370 e. The second-order valence-electron chi connectivity index (χ2n) is 7.33. The number of rotatable bonds is 6. The molecule has 1 amide bonds. The van der Waals surface area contributed by atoms with E-state index < -0.39 is 0 Å².